The Balaban J connectivity index is 3.09. The molecular weight excluding hydrogens is 200 g/mol. The predicted molar refractivity (Wildman–Crippen MR) is 53.3 cm³/mol. The molecule has 0 radical (unpaired) electrons. The molecule has 3 nitrogen and oxygen atoms in total. The zero-order chi connectivity index (χ0) is 10.8. The topological polar surface area (TPSA) is 54.4 Å². The van der Waals surface area contributed by atoms with E-state index in [0.717, 1.165) is 6.26 Å². The van der Waals surface area contributed by atoms with E-state index in [1.165, 1.54) is 24.3 Å². The van der Waals surface area contributed by atoms with Crippen LogP contribution >= 0.6 is 0 Å². The maximum Gasteiger partial charge on any atom is 0.175 e. The highest BCUT2D eigenvalue weighted by Crippen LogP contribution is 2.15. The Morgan fingerprint density at radius 1 is 1.36 bits per heavy atom. The fourth-order valence-corrected chi connectivity index (χ4v) is 1.62. The van der Waals surface area contributed by atoms with Crippen LogP contribution in [0, 0.1) is 12.3 Å². The Hall–Kier alpha value is -1.31. The van der Waals surface area contributed by atoms with E-state index in [1.54, 1.807) is 0 Å². The molecule has 1 aromatic rings. The van der Waals surface area contributed by atoms with Crippen LogP contribution in [0.2, 0.25) is 0 Å². The molecule has 0 aromatic heterocycles. The zero-order valence-corrected chi connectivity index (χ0v) is 8.45. The van der Waals surface area contributed by atoms with Crippen molar-refractivity contribution >= 4 is 9.84 Å². The lowest BCUT2D eigenvalue weighted by molar-refractivity contribution is 0.238. The average Bonchev–Trinajstić information content (AvgIpc) is 2.15. The average molecular weight is 210 g/mol. The zero-order valence-electron chi connectivity index (χ0n) is 7.64. The van der Waals surface area contributed by atoms with Crippen molar-refractivity contribution in [2.75, 3.05) is 6.26 Å². The third-order valence-corrected chi connectivity index (χ3v) is 2.91. The lowest BCUT2D eigenvalue weighted by Gasteiger charge is -2.04. The lowest BCUT2D eigenvalue weighted by Crippen LogP contribution is -1.98. The molecule has 0 bridgehead atoms. The summed E-state index contributed by atoms with van der Waals surface area (Å²) in [4.78, 5) is 0.213. The van der Waals surface area contributed by atoms with Crippen LogP contribution < -0.4 is 0 Å². The number of rotatable bonds is 2. The minimum atomic E-state index is -3.19. The summed E-state index contributed by atoms with van der Waals surface area (Å²) in [6.45, 7) is 0. The van der Waals surface area contributed by atoms with Crippen molar-refractivity contribution in [2.24, 2.45) is 0 Å². The predicted octanol–water partition coefficient (Wildman–Crippen LogP) is 0.757. The van der Waals surface area contributed by atoms with Crippen LogP contribution in [0.5, 0.6) is 0 Å². The van der Waals surface area contributed by atoms with E-state index in [-0.39, 0.29) is 4.90 Å². The van der Waals surface area contributed by atoms with E-state index in [2.05, 4.69) is 5.92 Å². The third-order valence-electron chi connectivity index (χ3n) is 1.78. The second-order valence-electron chi connectivity index (χ2n) is 2.91. The minimum absolute atomic E-state index is 0.213. The summed E-state index contributed by atoms with van der Waals surface area (Å²) >= 11 is 0. The van der Waals surface area contributed by atoms with E-state index in [4.69, 9.17) is 6.42 Å². The van der Waals surface area contributed by atoms with E-state index in [1.807, 2.05) is 0 Å². The molecule has 1 aromatic carbocycles. The van der Waals surface area contributed by atoms with Gasteiger partial charge >= 0.3 is 0 Å². The van der Waals surface area contributed by atoms with E-state index < -0.39 is 15.9 Å². The van der Waals surface area contributed by atoms with Crippen molar-refractivity contribution in [1.82, 2.24) is 0 Å². The normalized spacial score (nSPS) is 13.2. The number of aliphatic hydroxyl groups excluding tert-OH is 1. The molecular formula is C10H10O3S. The van der Waals surface area contributed by atoms with E-state index >= 15 is 0 Å². The maximum absolute atomic E-state index is 11.1. The summed E-state index contributed by atoms with van der Waals surface area (Å²) in [5.74, 6) is 2.15. The van der Waals surface area contributed by atoms with Crippen molar-refractivity contribution < 1.29 is 13.5 Å². The molecule has 1 unspecified atom stereocenters. The van der Waals surface area contributed by atoms with Crippen LogP contribution in [0.4, 0.5) is 0 Å². The molecule has 0 spiro atoms. The number of hydrogen-bond acceptors (Lipinski definition) is 3. The lowest BCUT2D eigenvalue weighted by atomic mass is 10.1. The molecule has 0 aliphatic rings. The number of benzene rings is 1. The SMILES string of the molecule is C#CC(O)c1ccc(S(C)(=O)=O)cc1. The first-order valence-electron chi connectivity index (χ1n) is 3.89. The molecule has 1 N–H and O–H groups in total. The Morgan fingerprint density at radius 3 is 2.21 bits per heavy atom. The van der Waals surface area contributed by atoms with Gasteiger partial charge in [0.2, 0.25) is 0 Å². The molecule has 0 saturated carbocycles. The van der Waals surface area contributed by atoms with Gasteiger partial charge in [0.25, 0.3) is 0 Å². The Morgan fingerprint density at radius 2 is 1.86 bits per heavy atom. The fourth-order valence-electron chi connectivity index (χ4n) is 0.994. The highest BCUT2D eigenvalue weighted by atomic mass is 32.2. The second kappa shape index (κ2) is 3.82. The van der Waals surface area contributed by atoms with Crippen LogP contribution in [0.25, 0.3) is 0 Å². The van der Waals surface area contributed by atoms with Crippen molar-refractivity contribution in [3.63, 3.8) is 0 Å². The number of hydrogen-bond donors (Lipinski definition) is 1. The Labute approximate surface area is 83.3 Å². The second-order valence-corrected chi connectivity index (χ2v) is 4.93. The molecule has 74 valence electrons. The molecule has 1 atom stereocenters. The molecule has 0 aliphatic carbocycles. The fraction of sp³-hybridized carbons (Fsp3) is 0.200. The van der Waals surface area contributed by atoms with Gasteiger partial charge in [-0.2, -0.15) is 0 Å². The monoisotopic (exact) mass is 210 g/mol. The smallest absolute Gasteiger partial charge is 0.175 e. The van der Waals surface area contributed by atoms with Crippen molar-refractivity contribution in [1.29, 1.82) is 0 Å². The van der Waals surface area contributed by atoms with Crippen LogP contribution in [0.3, 0.4) is 0 Å². The minimum Gasteiger partial charge on any atom is -0.376 e. The standard InChI is InChI=1S/C10H10O3S/c1-3-10(11)8-4-6-9(7-5-8)14(2,12)13/h1,4-7,10-11H,2H3. The Bertz CT molecular complexity index is 451. The van der Waals surface area contributed by atoms with Crippen LogP contribution in [0.15, 0.2) is 29.2 Å². The molecule has 0 aliphatic heterocycles. The van der Waals surface area contributed by atoms with Crippen LogP contribution in [-0.2, 0) is 9.84 Å². The van der Waals surface area contributed by atoms with Gasteiger partial charge in [-0.05, 0) is 17.7 Å². The largest absolute Gasteiger partial charge is 0.376 e. The van der Waals surface area contributed by atoms with Crippen LogP contribution in [-0.4, -0.2) is 19.8 Å². The summed E-state index contributed by atoms with van der Waals surface area (Å²) in [6.07, 6.45) is 5.15. The molecule has 14 heavy (non-hydrogen) atoms. The van der Waals surface area contributed by atoms with Gasteiger partial charge in [0.05, 0.1) is 4.90 Å². The molecule has 4 heteroatoms. The van der Waals surface area contributed by atoms with Crippen molar-refractivity contribution in [3.05, 3.63) is 29.8 Å². The van der Waals surface area contributed by atoms with Crippen molar-refractivity contribution in [2.45, 2.75) is 11.0 Å². The quantitative estimate of drug-likeness (QED) is 0.733. The summed E-state index contributed by atoms with van der Waals surface area (Å²) in [5, 5.41) is 9.24. The number of aliphatic hydroxyl groups is 1. The third kappa shape index (κ3) is 2.34. The molecule has 0 amide bonds. The van der Waals surface area contributed by atoms with Gasteiger partial charge in [-0.15, -0.1) is 6.42 Å². The number of terminal acetylenes is 1. The van der Waals surface area contributed by atoms with Gasteiger partial charge in [-0.3, -0.25) is 0 Å². The first kappa shape index (κ1) is 10.8. The maximum atomic E-state index is 11.1. The molecule has 0 saturated heterocycles. The highest BCUT2D eigenvalue weighted by molar-refractivity contribution is 7.90. The number of sulfone groups is 1. The first-order chi connectivity index (χ1) is 6.45. The van der Waals surface area contributed by atoms with Gasteiger partial charge in [0.1, 0.15) is 6.10 Å². The molecule has 0 fully saturated rings. The Kier molecular flexibility index (Phi) is 2.94. The van der Waals surface area contributed by atoms with Gasteiger partial charge < -0.3 is 5.11 Å². The van der Waals surface area contributed by atoms with Gasteiger partial charge in [0, 0.05) is 6.26 Å². The summed E-state index contributed by atoms with van der Waals surface area (Å²) in [5.41, 5.74) is 0.514. The summed E-state index contributed by atoms with van der Waals surface area (Å²) < 4.78 is 22.2. The van der Waals surface area contributed by atoms with Gasteiger partial charge in [-0.1, -0.05) is 18.1 Å². The van der Waals surface area contributed by atoms with Crippen LogP contribution in [0.1, 0.15) is 11.7 Å². The van der Waals surface area contributed by atoms with Gasteiger partial charge in [-0.25, -0.2) is 8.42 Å². The van der Waals surface area contributed by atoms with Crippen molar-refractivity contribution in [3.8, 4) is 12.3 Å². The molecule has 0 heterocycles. The van der Waals surface area contributed by atoms with E-state index in [0.29, 0.717) is 5.56 Å². The van der Waals surface area contributed by atoms with Gasteiger partial charge in [0.15, 0.2) is 9.84 Å². The highest BCUT2D eigenvalue weighted by Gasteiger charge is 2.08. The summed E-state index contributed by atoms with van der Waals surface area (Å²) in [7, 11) is -3.19. The molecule has 1 rings (SSSR count). The summed E-state index contributed by atoms with van der Waals surface area (Å²) in [6, 6.07) is 5.85. The van der Waals surface area contributed by atoms with E-state index in [9.17, 15) is 13.5 Å². The first-order valence-corrected chi connectivity index (χ1v) is 5.78.